The topological polar surface area (TPSA) is 46.4 Å². The van der Waals surface area contributed by atoms with Gasteiger partial charge in [-0.3, -0.25) is 9.20 Å². The van der Waals surface area contributed by atoms with Crippen molar-refractivity contribution in [2.45, 2.75) is 27.2 Å². The first-order valence-corrected chi connectivity index (χ1v) is 7.93. The number of nitrogens with one attached hydrogen (secondary N) is 1. The van der Waals surface area contributed by atoms with E-state index < -0.39 is 0 Å². The normalized spacial score (nSPS) is 11.0. The Labute approximate surface area is 140 Å². The molecule has 23 heavy (non-hydrogen) atoms. The number of hydrogen-bond acceptors (Lipinski definition) is 2. The summed E-state index contributed by atoms with van der Waals surface area (Å²) < 4.78 is 1.78. The molecular formula is C18H18ClN3O. The van der Waals surface area contributed by atoms with Crippen molar-refractivity contribution in [1.82, 2.24) is 9.38 Å². The average Bonchev–Trinajstić information content (AvgIpc) is 2.89. The SMILES string of the molecule is CCc1nc2cc(Cl)ccn2c1C(=O)Nc1cccc(C)c1C. The lowest BCUT2D eigenvalue weighted by atomic mass is 10.1. The van der Waals surface area contributed by atoms with Crippen LogP contribution in [0.3, 0.4) is 0 Å². The van der Waals surface area contributed by atoms with E-state index in [1.165, 1.54) is 0 Å². The first-order valence-electron chi connectivity index (χ1n) is 7.55. The Balaban J connectivity index is 2.05. The lowest BCUT2D eigenvalue weighted by Crippen LogP contribution is -2.17. The zero-order valence-electron chi connectivity index (χ0n) is 13.4. The van der Waals surface area contributed by atoms with Gasteiger partial charge in [-0.05, 0) is 43.5 Å². The van der Waals surface area contributed by atoms with E-state index in [0.29, 0.717) is 22.8 Å². The van der Waals surface area contributed by atoms with Crippen LogP contribution in [0.15, 0.2) is 36.5 Å². The molecule has 0 aliphatic heterocycles. The second kappa shape index (κ2) is 6.05. The molecule has 1 N–H and O–H groups in total. The maximum Gasteiger partial charge on any atom is 0.274 e. The highest BCUT2D eigenvalue weighted by Crippen LogP contribution is 2.22. The number of hydrogen-bond donors (Lipinski definition) is 1. The van der Waals surface area contributed by atoms with E-state index in [-0.39, 0.29) is 5.91 Å². The standard InChI is InChI=1S/C18H18ClN3O/c1-4-14-17(22-9-8-13(19)10-16(22)20-14)18(23)21-15-7-5-6-11(2)12(15)3/h5-10H,4H2,1-3H3,(H,21,23). The molecular weight excluding hydrogens is 310 g/mol. The van der Waals surface area contributed by atoms with Crippen LogP contribution < -0.4 is 5.32 Å². The van der Waals surface area contributed by atoms with Gasteiger partial charge in [0.05, 0.1) is 5.69 Å². The first-order chi connectivity index (χ1) is 11.0. The van der Waals surface area contributed by atoms with Crippen molar-refractivity contribution < 1.29 is 4.79 Å². The predicted molar refractivity (Wildman–Crippen MR) is 93.4 cm³/mol. The molecule has 118 valence electrons. The minimum Gasteiger partial charge on any atom is -0.320 e. The van der Waals surface area contributed by atoms with Crippen LogP contribution in [0.2, 0.25) is 5.02 Å². The van der Waals surface area contributed by atoms with Gasteiger partial charge in [-0.2, -0.15) is 0 Å². The van der Waals surface area contributed by atoms with E-state index in [1.807, 2.05) is 39.0 Å². The van der Waals surface area contributed by atoms with Gasteiger partial charge in [-0.15, -0.1) is 0 Å². The summed E-state index contributed by atoms with van der Waals surface area (Å²) in [6, 6.07) is 9.39. The van der Waals surface area contributed by atoms with Gasteiger partial charge < -0.3 is 5.32 Å². The number of pyridine rings is 1. The monoisotopic (exact) mass is 327 g/mol. The van der Waals surface area contributed by atoms with Crippen molar-refractivity contribution in [1.29, 1.82) is 0 Å². The fraction of sp³-hybridized carbons (Fsp3) is 0.222. The van der Waals surface area contributed by atoms with Crippen molar-refractivity contribution in [2.24, 2.45) is 0 Å². The molecule has 1 aromatic carbocycles. The molecule has 0 atom stereocenters. The minimum atomic E-state index is -0.162. The van der Waals surface area contributed by atoms with E-state index in [2.05, 4.69) is 10.3 Å². The molecule has 1 amide bonds. The molecule has 0 bridgehead atoms. The van der Waals surface area contributed by atoms with Gasteiger partial charge in [-0.1, -0.05) is 30.7 Å². The van der Waals surface area contributed by atoms with Gasteiger partial charge in [0, 0.05) is 23.0 Å². The summed E-state index contributed by atoms with van der Waals surface area (Å²) in [6.07, 6.45) is 2.46. The number of nitrogens with zero attached hydrogens (tertiary/aromatic N) is 2. The van der Waals surface area contributed by atoms with Crippen molar-refractivity contribution in [3.05, 3.63) is 64.1 Å². The number of carbonyl (C=O) groups excluding carboxylic acids is 1. The van der Waals surface area contributed by atoms with Gasteiger partial charge in [0.1, 0.15) is 11.3 Å². The summed E-state index contributed by atoms with van der Waals surface area (Å²) in [5.41, 5.74) is 5.02. The second-order valence-electron chi connectivity index (χ2n) is 5.54. The number of amides is 1. The molecule has 0 saturated carbocycles. The van der Waals surface area contributed by atoms with Crippen LogP contribution >= 0.6 is 11.6 Å². The molecule has 2 heterocycles. The highest BCUT2D eigenvalue weighted by atomic mass is 35.5. The quantitative estimate of drug-likeness (QED) is 0.774. The number of aromatic nitrogens is 2. The van der Waals surface area contributed by atoms with Gasteiger partial charge >= 0.3 is 0 Å². The van der Waals surface area contributed by atoms with Crippen molar-refractivity contribution in [3.8, 4) is 0 Å². The highest BCUT2D eigenvalue weighted by Gasteiger charge is 2.19. The van der Waals surface area contributed by atoms with E-state index in [4.69, 9.17) is 11.6 Å². The third-order valence-electron chi connectivity index (χ3n) is 4.06. The predicted octanol–water partition coefficient (Wildman–Crippen LogP) is 4.42. The molecule has 4 nitrogen and oxygen atoms in total. The van der Waals surface area contributed by atoms with E-state index >= 15 is 0 Å². The van der Waals surface area contributed by atoms with E-state index in [0.717, 1.165) is 22.5 Å². The summed E-state index contributed by atoms with van der Waals surface area (Å²) in [6.45, 7) is 6.01. The van der Waals surface area contributed by atoms with Crippen LogP contribution in [0.5, 0.6) is 0 Å². The van der Waals surface area contributed by atoms with Gasteiger partial charge in [-0.25, -0.2) is 4.98 Å². The Hall–Kier alpha value is -2.33. The van der Waals surface area contributed by atoms with Gasteiger partial charge in [0.15, 0.2) is 0 Å². The number of anilines is 1. The lowest BCUT2D eigenvalue weighted by Gasteiger charge is -2.11. The number of benzene rings is 1. The lowest BCUT2D eigenvalue weighted by molar-refractivity contribution is 0.102. The maximum absolute atomic E-state index is 12.8. The minimum absolute atomic E-state index is 0.162. The Morgan fingerprint density at radius 2 is 2.09 bits per heavy atom. The number of carbonyl (C=O) groups is 1. The summed E-state index contributed by atoms with van der Waals surface area (Å²) >= 11 is 6.02. The fourth-order valence-corrected chi connectivity index (χ4v) is 2.78. The van der Waals surface area contributed by atoms with Crippen LogP contribution in [0.1, 0.15) is 34.2 Å². The second-order valence-corrected chi connectivity index (χ2v) is 5.97. The van der Waals surface area contributed by atoms with E-state index in [1.54, 1.807) is 22.7 Å². The fourth-order valence-electron chi connectivity index (χ4n) is 2.62. The number of imidazole rings is 1. The van der Waals surface area contributed by atoms with Crippen LogP contribution in [0, 0.1) is 13.8 Å². The molecule has 0 aliphatic rings. The Bertz CT molecular complexity index is 899. The largest absolute Gasteiger partial charge is 0.320 e. The molecule has 0 unspecified atom stereocenters. The number of aryl methyl sites for hydroxylation is 2. The molecule has 0 radical (unpaired) electrons. The third-order valence-corrected chi connectivity index (χ3v) is 4.30. The molecule has 0 spiro atoms. The Kier molecular flexibility index (Phi) is 4.09. The number of rotatable bonds is 3. The molecule has 3 rings (SSSR count). The van der Waals surface area contributed by atoms with Crippen molar-refractivity contribution in [2.75, 3.05) is 5.32 Å². The zero-order valence-corrected chi connectivity index (χ0v) is 14.1. The number of halogens is 1. The average molecular weight is 328 g/mol. The first kappa shape index (κ1) is 15.6. The molecule has 0 saturated heterocycles. The maximum atomic E-state index is 12.8. The Morgan fingerprint density at radius 3 is 2.83 bits per heavy atom. The summed E-state index contributed by atoms with van der Waals surface area (Å²) in [5.74, 6) is -0.162. The number of fused-ring (bicyclic) bond motifs is 1. The molecule has 3 aromatic rings. The van der Waals surface area contributed by atoms with Crippen LogP contribution in [0.25, 0.3) is 5.65 Å². The van der Waals surface area contributed by atoms with Gasteiger partial charge in [0.2, 0.25) is 0 Å². The van der Waals surface area contributed by atoms with E-state index in [9.17, 15) is 4.79 Å². The Morgan fingerprint density at radius 1 is 1.30 bits per heavy atom. The van der Waals surface area contributed by atoms with Crippen LogP contribution in [-0.4, -0.2) is 15.3 Å². The third kappa shape index (κ3) is 2.82. The van der Waals surface area contributed by atoms with Gasteiger partial charge in [0.25, 0.3) is 5.91 Å². The summed E-state index contributed by atoms with van der Waals surface area (Å²) in [5, 5.41) is 3.61. The molecule has 0 fully saturated rings. The summed E-state index contributed by atoms with van der Waals surface area (Å²) in [7, 11) is 0. The van der Waals surface area contributed by atoms with Crippen LogP contribution in [0.4, 0.5) is 5.69 Å². The molecule has 0 aliphatic carbocycles. The van der Waals surface area contributed by atoms with Crippen molar-refractivity contribution >= 4 is 28.8 Å². The highest BCUT2D eigenvalue weighted by molar-refractivity contribution is 6.30. The molecule has 2 aromatic heterocycles. The smallest absolute Gasteiger partial charge is 0.274 e. The zero-order chi connectivity index (χ0) is 16.6. The molecule has 5 heteroatoms. The summed E-state index contributed by atoms with van der Waals surface area (Å²) in [4.78, 5) is 17.3. The van der Waals surface area contributed by atoms with Crippen molar-refractivity contribution in [3.63, 3.8) is 0 Å². The van der Waals surface area contributed by atoms with Crippen LogP contribution in [-0.2, 0) is 6.42 Å².